The zero-order valence-corrected chi connectivity index (χ0v) is 27.5. The molecule has 4 aromatic heterocycles. The summed E-state index contributed by atoms with van der Waals surface area (Å²) >= 11 is 1.89. The zero-order valence-electron chi connectivity index (χ0n) is 26.7. The maximum atomic E-state index is 5.28. The maximum Gasteiger partial charge on any atom is 0.160 e. The normalized spacial score (nSPS) is 12.0. The number of thiophene rings is 1. The van der Waals surface area contributed by atoms with Crippen molar-refractivity contribution < 1.29 is 0 Å². The molecule has 0 bridgehead atoms. The fraction of sp³-hybridized carbons (Fsp3) is 0. The fourth-order valence-corrected chi connectivity index (χ4v) is 9.14. The van der Waals surface area contributed by atoms with Crippen molar-refractivity contribution in [1.29, 1.82) is 0 Å². The predicted molar refractivity (Wildman–Crippen MR) is 210 cm³/mol. The van der Waals surface area contributed by atoms with Gasteiger partial charge in [0.05, 0.1) is 16.6 Å². The number of hydrogen-bond acceptors (Lipinski definition) is 4. The van der Waals surface area contributed by atoms with Crippen molar-refractivity contribution in [3.8, 4) is 28.3 Å². The summed E-state index contributed by atoms with van der Waals surface area (Å²) in [5.41, 5.74) is 7.91. The summed E-state index contributed by atoms with van der Waals surface area (Å²) in [4.78, 5) is 15.1. The average molecular weight is 655 g/mol. The molecule has 7 aromatic carbocycles. The van der Waals surface area contributed by atoms with Crippen molar-refractivity contribution in [2.45, 2.75) is 0 Å². The van der Waals surface area contributed by atoms with Gasteiger partial charge in [0.15, 0.2) is 5.82 Å². The van der Waals surface area contributed by atoms with Gasteiger partial charge in [0.1, 0.15) is 11.2 Å². The van der Waals surface area contributed by atoms with Crippen molar-refractivity contribution in [3.63, 3.8) is 0 Å². The molecule has 0 aliphatic rings. The molecule has 0 saturated heterocycles. The molecular weight excluding hydrogens is 629 g/mol. The van der Waals surface area contributed by atoms with Crippen LogP contribution in [0.15, 0.2) is 158 Å². The lowest BCUT2D eigenvalue weighted by Gasteiger charge is -2.13. The molecule has 0 spiro atoms. The molecule has 0 N–H and O–H groups in total. The lowest BCUT2D eigenvalue weighted by Crippen LogP contribution is -1.99. The molecule has 50 heavy (non-hydrogen) atoms. The summed E-state index contributed by atoms with van der Waals surface area (Å²) < 4.78 is 5.09. The SMILES string of the molecule is c1cc(-c2nc(-c3cccc4ccccc34)c3ncccc3n2)cc(-n2c3ccccc3c3c4c5ccccc5sc4c4ccccc4c32)c1. The third-order valence-electron chi connectivity index (χ3n) is 10.0. The van der Waals surface area contributed by atoms with E-state index in [4.69, 9.17) is 15.0 Å². The van der Waals surface area contributed by atoms with Gasteiger partial charge in [-0.1, -0.05) is 115 Å². The van der Waals surface area contributed by atoms with E-state index in [0.29, 0.717) is 5.82 Å². The van der Waals surface area contributed by atoms with Crippen LogP contribution in [-0.2, 0) is 0 Å². The second-order valence-electron chi connectivity index (χ2n) is 12.8. The average Bonchev–Trinajstić information content (AvgIpc) is 3.74. The molecule has 0 amide bonds. The fourth-order valence-electron chi connectivity index (χ4n) is 7.89. The van der Waals surface area contributed by atoms with Crippen molar-refractivity contribution in [3.05, 3.63) is 158 Å². The van der Waals surface area contributed by atoms with E-state index in [1.165, 1.54) is 58.1 Å². The molecule has 11 rings (SSSR count). The van der Waals surface area contributed by atoms with E-state index < -0.39 is 0 Å². The summed E-state index contributed by atoms with van der Waals surface area (Å²) in [5, 5.41) is 10.0. The highest BCUT2D eigenvalue weighted by Gasteiger charge is 2.22. The van der Waals surface area contributed by atoms with E-state index >= 15 is 0 Å². The minimum Gasteiger partial charge on any atom is -0.309 e. The second kappa shape index (κ2) is 10.5. The van der Waals surface area contributed by atoms with Crippen LogP contribution in [-0.4, -0.2) is 19.5 Å². The highest BCUT2D eigenvalue weighted by molar-refractivity contribution is 7.27. The molecular formula is C45H26N4S. The van der Waals surface area contributed by atoms with E-state index in [1.807, 2.05) is 29.7 Å². The highest BCUT2D eigenvalue weighted by atomic mass is 32.1. The van der Waals surface area contributed by atoms with Crippen LogP contribution in [0.5, 0.6) is 0 Å². The van der Waals surface area contributed by atoms with Gasteiger partial charge in [-0.25, -0.2) is 9.97 Å². The third-order valence-corrected chi connectivity index (χ3v) is 11.2. The Morgan fingerprint density at radius 2 is 1.28 bits per heavy atom. The van der Waals surface area contributed by atoms with Gasteiger partial charge >= 0.3 is 0 Å². The number of hydrogen-bond donors (Lipinski definition) is 0. The first kappa shape index (κ1) is 27.5. The first-order chi connectivity index (χ1) is 24.8. The summed E-state index contributed by atoms with van der Waals surface area (Å²) in [6.07, 6.45) is 1.82. The van der Waals surface area contributed by atoms with Crippen LogP contribution in [0.1, 0.15) is 0 Å². The highest BCUT2D eigenvalue weighted by Crippen LogP contribution is 2.48. The van der Waals surface area contributed by atoms with E-state index in [9.17, 15) is 0 Å². The summed E-state index contributed by atoms with van der Waals surface area (Å²) in [6, 6.07) is 54.0. The van der Waals surface area contributed by atoms with Crippen LogP contribution in [0.25, 0.3) is 103 Å². The zero-order chi connectivity index (χ0) is 32.8. The Morgan fingerprint density at radius 3 is 2.20 bits per heavy atom. The Morgan fingerprint density at radius 1 is 0.540 bits per heavy atom. The number of rotatable bonds is 3. The summed E-state index contributed by atoms with van der Waals surface area (Å²) in [6.45, 7) is 0. The number of para-hydroxylation sites is 1. The van der Waals surface area contributed by atoms with Crippen LogP contribution in [0.4, 0.5) is 0 Å². The Balaban J connectivity index is 1.21. The lowest BCUT2D eigenvalue weighted by atomic mass is 10.00. The Kier molecular flexibility index (Phi) is 5.80. The van der Waals surface area contributed by atoms with Crippen molar-refractivity contribution in [1.82, 2.24) is 19.5 Å². The van der Waals surface area contributed by atoms with Crippen molar-refractivity contribution in [2.24, 2.45) is 0 Å². The number of aromatic nitrogens is 4. The molecule has 4 nitrogen and oxygen atoms in total. The molecule has 0 unspecified atom stereocenters. The first-order valence-electron chi connectivity index (χ1n) is 16.8. The second-order valence-corrected chi connectivity index (χ2v) is 13.8. The molecule has 0 aliphatic carbocycles. The quantitative estimate of drug-likeness (QED) is 0.190. The summed E-state index contributed by atoms with van der Waals surface area (Å²) in [5.74, 6) is 0.673. The smallest absolute Gasteiger partial charge is 0.160 e. The third kappa shape index (κ3) is 3.89. The Labute approximate surface area is 290 Å². The molecule has 0 radical (unpaired) electrons. The van der Waals surface area contributed by atoms with Gasteiger partial charge in [0, 0.05) is 64.7 Å². The minimum absolute atomic E-state index is 0.673. The van der Waals surface area contributed by atoms with Crippen LogP contribution in [0.2, 0.25) is 0 Å². The molecule has 0 aliphatic heterocycles. The first-order valence-corrected chi connectivity index (χ1v) is 17.6. The molecule has 232 valence electrons. The Bertz CT molecular complexity index is 3170. The van der Waals surface area contributed by atoms with Gasteiger partial charge in [-0.2, -0.15) is 0 Å². The van der Waals surface area contributed by atoms with E-state index in [-0.39, 0.29) is 0 Å². The van der Waals surface area contributed by atoms with Crippen LogP contribution >= 0.6 is 11.3 Å². The van der Waals surface area contributed by atoms with Gasteiger partial charge in [-0.05, 0) is 47.2 Å². The maximum absolute atomic E-state index is 5.28. The van der Waals surface area contributed by atoms with E-state index in [1.54, 1.807) is 0 Å². The standard InChI is InChI=1S/C45H26N4S/c1-2-16-30-27(12-1)13-10-21-31(30)41-42-36(22-11-25-46-42)47-45(48-41)28-14-9-15-29(26-28)49-37-23-7-5-19-34(37)39-40-35-20-6-8-24-38(35)50-44(40)33-18-4-3-17-32(33)43(39)49/h1-26H. The van der Waals surface area contributed by atoms with Crippen LogP contribution in [0.3, 0.4) is 0 Å². The van der Waals surface area contributed by atoms with E-state index in [2.05, 4.69) is 144 Å². The molecule has 11 aromatic rings. The van der Waals surface area contributed by atoms with Gasteiger partial charge < -0.3 is 4.57 Å². The number of pyridine rings is 1. The number of nitrogens with zero attached hydrogens (tertiary/aromatic N) is 4. The van der Waals surface area contributed by atoms with Gasteiger partial charge in [0.25, 0.3) is 0 Å². The van der Waals surface area contributed by atoms with Gasteiger partial charge in [-0.3, -0.25) is 4.98 Å². The molecule has 0 fully saturated rings. The van der Waals surface area contributed by atoms with Crippen LogP contribution in [0, 0.1) is 0 Å². The summed E-state index contributed by atoms with van der Waals surface area (Å²) in [7, 11) is 0. The molecule has 0 saturated carbocycles. The lowest BCUT2D eigenvalue weighted by molar-refractivity contribution is 1.17. The molecule has 0 atom stereocenters. The molecule has 4 heterocycles. The largest absolute Gasteiger partial charge is 0.309 e. The minimum atomic E-state index is 0.673. The predicted octanol–water partition coefficient (Wildman–Crippen LogP) is 12.1. The van der Waals surface area contributed by atoms with E-state index in [0.717, 1.165) is 38.9 Å². The topological polar surface area (TPSA) is 43.6 Å². The number of benzene rings is 7. The van der Waals surface area contributed by atoms with Gasteiger partial charge in [-0.15, -0.1) is 11.3 Å². The van der Waals surface area contributed by atoms with Gasteiger partial charge in [0.2, 0.25) is 0 Å². The monoisotopic (exact) mass is 654 g/mol. The van der Waals surface area contributed by atoms with Crippen molar-refractivity contribution >= 4 is 85.9 Å². The van der Waals surface area contributed by atoms with Crippen LogP contribution < -0.4 is 0 Å². The molecule has 5 heteroatoms. The Hall–Kier alpha value is -6.43. The number of fused-ring (bicyclic) bond motifs is 12. The van der Waals surface area contributed by atoms with Crippen molar-refractivity contribution in [2.75, 3.05) is 0 Å².